The van der Waals surface area contributed by atoms with E-state index in [1.54, 1.807) is 13.8 Å². The molecule has 6 nitrogen and oxygen atoms in total. The highest BCUT2D eigenvalue weighted by molar-refractivity contribution is 7.90. The quantitative estimate of drug-likeness (QED) is 0.567. The summed E-state index contributed by atoms with van der Waals surface area (Å²) in [5.41, 5.74) is 0. The molecule has 0 aromatic heterocycles. The van der Waals surface area contributed by atoms with Gasteiger partial charge in [0.2, 0.25) is 15.9 Å². The van der Waals surface area contributed by atoms with Crippen LogP contribution in [0.5, 0.6) is 0 Å². The van der Waals surface area contributed by atoms with Crippen molar-refractivity contribution in [2.24, 2.45) is 23.7 Å². The molecule has 0 spiro atoms. The smallest absolute Gasteiger partial charge is 0.306 e. The van der Waals surface area contributed by atoms with Gasteiger partial charge in [-0.3, -0.25) is 9.59 Å². The van der Waals surface area contributed by atoms with Crippen molar-refractivity contribution in [2.75, 3.05) is 13.2 Å². The van der Waals surface area contributed by atoms with Crippen LogP contribution >= 0.6 is 0 Å². The highest BCUT2D eigenvalue weighted by Crippen LogP contribution is 2.51. The molecule has 1 heterocycles. The Labute approximate surface area is 130 Å². The van der Waals surface area contributed by atoms with Gasteiger partial charge in [0, 0.05) is 18.4 Å². The highest BCUT2D eigenvalue weighted by atomic mass is 32.2. The van der Waals surface area contributed by atoms with Gasteiger partial charge in [0.05, 0.1) is 18.3 Å². The summed E-state index contributed by atoms with van der Waals surface area (Å²) in [6, 6.07) is 0. The first-order chi connectivity index (χ1) is 10.4. The molecule has 1 aliphatic heterocycles. The molecule has 122 valence electrons. The lowest BCUT2D eigenvalue weighted by Crippen LogP contribution is -2.40. The van der Waals surface area contributed by atoms with Crippen LogP contribution in [0.25, 0.3) is 0 Å². The van der Waals surface area contributed by atoms with Gasteiger partial charge in [0.25, 0.3) is 0 Å². The van der Waals surface area contributed by atoms with Crippen LogP contribution in [0.15, 0.2) is 12.2 Å². The Hall–Kier alpha value is -1.37. The first-order valence-electron chi connectivity index (χ1n) is 7.75. The van der Waals surface area contributed by atoms with E-state index in [0.29, 0.717) is 0 Å². The molecule has 0 aromatic carbocycles. The van der Waals surface area contributed by atoms with Crippen LogP contribution in [0.3, 0.4) is 0 Å². The average molecular weight is 327 g/mol. The van der Waals surface area contributed by atoms with Crippen molar-refractivity contribution < 1.29 is 22.7 Å². The minimum Gasteiger partial charge on any atom is -0.466 e. The number of amides is 1. The van der Waals surface area contributed by atoms with Gasteiger partial charge in [-0.2, -0.15) is 0 Å². The van der Waals surface area contributed by atoms with E-state index < -0.39 is 33.1 Å². The number of fused-ring (bicyclic) bond motifs is 5. The van der Waals surface area contributed by atoms with Crippen molar-refractivity contribution in [3.8, 4) is 0 Å². The monoisotopic (exact) mass is 327 g/mol. The molecule has 2 fully saturated rings. The average Bonchev–Trinajstić information content (AvgIpc) is 3.10. The molecule has 0 N–H and O–H groups in total. The summed E-state index contributed by atoms with van der Waals surface area (Å²) in [5, 5.41) is -0.457. The lowest BCUT2D eigenvalue weighted by molar-refractivity contribution is -0.147. The van der Waals surface area contributed by atoms with Crippen LogP contribution < -0.4 is 0 Å². The van der Waals surface area contributed by atoms with E-state index >= 15 is 0 Å². The van der Waals surface area contributed by atoms with Crippen molar-refractivity contribution in [1.29, 1.82) is 0 Å². The zero-order chi connectivity index (χ0) is 16.1. The van der Waals surface area contributed by atoms with Crippen LogP contribution in [0.1, 0.15) is 26.7 Å². The van der Waals surface area contributed by atoms with Crippen LogP contribution in [0.2, 0.25) is 0 Å². The number of hydrogen-bond donors (Lipinski definition) is 0. The predicted molar refractivity (Wildman–Crippen MR) is 79.1 cm³/mol. The molecule has 7 heteroatoms. The van der Waals surface area contributed by atoms with Gasteiger partial charge >= 0.3 is 5.97 Å². The number of sulfonamides is 1. The van der Waals surface area contributed by atoms with Crippen LogP contribution in [-0.2, 0) is 24.3 Å². The number of nitrogens with zero attached hydrogens (tertiary/aromatic N) is 1. The number of allylic oxidation sites excluding steroid dienone is 2. The van der Waals surface area contributed by atoms with Gasteiger partial charge in [-0.15, -0.1) is 0 Å². The Morgan fingerprint density at radius 1 is 1.32 bits per heavy atom. The zero-order valence-corrected chi connectivity index (χ0v) is 13.6. The lowest BCUT2D eigenvalue weighted by Gasteiger charge is -2.21. The molecule has 1 saturated heterocycles. The molecule has 1 saturated carbocycles. The molecule has 1 amide bonds. The first-order valence-corrected chi connectivity index (χ1v) is 9.26. The maximum Gasteiger partial charge on any atom is 0.306 e. The Kier molecular flexibility index (Phi) is 3.79. The van der Waals surface area contributed by atoms with Gasteiger partial charge in [0.15, 0.2) is 0 Å². The van der Waals surface area contributed by atoms with Crippen molar-refractivity contribution in [3.63, 3.8) is 0 Å². The van der Waals surface area contributed by atoms with Gasteiger partial charge in [-0.25, -0.2) is 12.7 Å². The molecule has 3 rings (SSSR count). The summed E-state index contributed by atoms with van der Waals surface area (Å²) in [5.74, 6) is -1.32. The Morgan fingerprint density at radius 3 is 2.64 bits per heavy atom. The van der Waals surface area contributed by atoms with Crippen molar-refractivity contribution in [1.82, 2.24) is 4.31 Å². The van der Waals surface area contributed by atoms with E-state index in [4.69, 9.17) is 4.74 Å². The number of carbonyl (C=O) groups excluding carboxylic acids is 2. The number of esters is 1. The SMILES string of the molecule is CCOC(=O)C[C@@H](C)C(=O)N1C[C@H]2[C@H]([C@H]3C=C[C@@H]2C3)S1(=O)=O. The van der Waals surface area contributed by atoms with Crippen LogP contribution in [-0.4, -0.2) is 43.0 Å². The fourth-order valence-corrected chi connectivity index (χ4v) is 6.50. The van der Waals surface area contributed by atoms with Crippen molar-refractivity contribution in [2.45, 2.75) is 31.9 Å². The molecule has 22 heavy (non-hydrogen) atoms. The standard InChI is InChI=1S/C15H21NO5S/c1-3-21-13(17)6-9(2)15(18)16-8-12-10-4-5-11(7-10)14(12)22(16,19)20/h4-5,9-12,14H,3,6-8H2,1-2H3/t9-,10-,11+,12-,14+/m1/s1. The molecule has 2 aliphatic carbocycles. The largest absolute Gasteiger partial charge is 0.466 e. The Balaban J connectivity index is 1.73. The summed E-state index contributed by atoms with van der Waals surface area (Å²) in [6.07, 6.45) is 4.85. The molecule has 0 radical (unpaired) electrons. The summed E-state index contributed by atoms with van der Waals surface area (Å²) >= 11 is 0. The molecular weight excluding hydrogens is 306 g/mol. The Bertz CT molecular complexity index is 626. The number of ether oxygens (including phenoxy) is 1. The number of hydrogen-bond acceptors (Lipinski definition) is 5. The van der Waals surface area contributed by atoms with E-state index in [1.807, 2.05) is 6.08 Å². The summed E-state index contributed by atoms with van der Waals surface area (Å²) < 4.78 is 31.2. The van der Waals surface area contributed by atoms with Gasteiger partial charge in [0.1, 0.15) is 0 Å². The van der Waals surface area contributed by atoms with Crippen LogP contribution in [0, 0.1) is 23.7 Å². The number of rotatable bonds is 4. The molecular formula is C15H21NO5S. The molecule has 2 bridgehead atoms. The number of carbonyl (C=O) groups is 2. The van der Waals surface area contributed by atoms with Crippen molar-refractivity contribution in [3.05, 3.63) is 12.2 Å². The third-order valence-electron chi connectivity index (χ3n) is 5.02. The molecule has 3 aliphatic rings. The summed E-state index contributed by atoms with van der Waals surface area (Å²) in [7, 11) is -3.61. The van der Waals surface area contributed by atoms with E-state index in [-0.39, 0.29) is 37.3 Å². The maximum atomic E-state index is 12.7. The topological polar surface area (TPSA) is 80.8 Å². The second-order valence-corrected chi connectivity index (χ2v) is 8.42. The predicted octanol–water partition coefficient (Wildman–Crippen LogP) is 0.938. The third kappa shape index (κ3) is 2.26. The zero-order valence-electron chi connectivity index (χ0n) is 12.8. The fraction of sp³-hybridized carbons (Fsp3) is 0.733. The third-order valence-corrected chi connectivity index (χ3v) is 7.35. The van der Waals surface area contributed by atoms with E-state index in [2.05, 4.69) is 6.08 Å². The second-order valence-electron chi connectivity index (χ2n) is 6.40. The summed E-state index contributed by atoms with van der Waals surface area (Å²) in [6.45, 7) is 3.78. The first kappa shape index (κ1) is 15.5. The van der Waals surface area contributed by atoms with Gasteiger partial charge in [-0.1, -0.05) is 19.1 Å². The van der Waals surface area contributed by atoms with E-state index in [0.717, 1.165) is 10.7 Å². The minimum atomic E-state index is -3.61. The Morgan fingerprint density at radius 2 is 2.00 bits per heavy atom. The molecule has 0 aromatic rings. The normalized spacial score (nSPS) is 35.5. The highest BCUT2D eigenvalue weighted by Gasteiger charge is 2.59. The van der Waals surface area contributed by atoms with Gasteiger partial charge in [-0.05, 0) is 25.2 Å². The van der Waals surface area contributed by atoms with Gasteiger partial charge < -0.3 is 4.74 Å². The summed E-state index contributed by atoms with van der Waals surface area (Å²) in [4.78, 5) is 24.0. The van der Waals surface area contributed by atoms with E-state index in [9.17, 15) is 18.0 Å². The van der Waals surface area contributed by atoms with Crippen LogP contribution in [0.4, 0.5) is 0 Å². The lowest BCUT2D eigenvalue weighted by atomic mass is 9.93. The fourth-order valence-electron chi connectivity index (χ4n) is 4.02. The van der Waals surface area contributed by atoms with Crippen molar-refractivity contribution >= 4 is 21.9 Å². The maximum absolute atomic E-state index is 12.7. The second kappa shape index (κ2) is 5.37. The molecule has 5 atom stereocenters. The van der Waals surface area contributed by atoms with E-state index in [1.165, 1.54) is 0 Å². The minimum absolute atomic E-state index is 0.0127. The molecule has 0 unspecified atom stereocenters.